The van der Waals surface area contributed by atoms with Crippen molar-refractivity contribution in [3.8, 4) is 0 Å². The first kappa shape index (κ1) is 8.00. The third-order valence-electron chi connectivity index (χ3n) is 1.74. The van der Waals surface area contributed by atoms with Crippen LogP contribution in [-0.4, -0.2) is 39.8 Å². The van der Waals surface area contributed by atoms with Crippen LogP contribution in [0.4, 0.5) is 4.79 Å². The third kappa shape index (κ3) is 1.32. The molecule has 2 N–H and O–H groups in total. The average Bonchev–Trinajstić information content (AvgIpc) is 2.30. The Bertz CT molecular complexity index is 191. The molecule has 1 aliphatic rings. The molecule has 0 aromatic carbocycles. The number of hydrogen-bond acceptors (Lipinski definition) is 3. The first-order valence-corrected chi connectivity index (χ1v) is 3.32. The van der Waals surface area contributed by atoms with Crippen LogP contribution in [0.25, 0.3) is 0 Å². The fourth-order valence-corrected chi connectivity index (χ4v) is 1.18. The Morgan fingerprint density at radius 1 is 1.73 bits per heavy atom. The zero-order chi connectivity index (χ0) is 8.43. The minimum absolute atomic E-state index is 0.220. The Morgan fingerprint density at radius 3 is 2.73 bits per heavy atom. The Hall–Kier alpha value is -1.10. The number of carbonyl (C=O) groups is 2. The van der Waals surface area contributed by atoms with Crippen molar-refractivity contribution in [1.82, 2.24) is 4.90 Å². The number of aliphatic hydroxyl groups is 1. The number of hydrogen-bond donors (Lipinski definition) is 2. The molecule has 5 nitrogen and oxygen atoms in total. The molecule has 1 aliphatic heterocycles. The van der Waals surface area contributed by atoms with Crippen molar-refractivity contribution in [3.05, 3.63) is 0 Å². The van der Waals surface area contributed by atoms with E-state index in [0.29, 0.717) is 11.3 Å². The van der Waals surface area contributed by atoms with Gasteiger partial charge < -0.3 is 10.2 Å². The highest BCUT2D eigenvalue weighted by molar-refractivity contribution is 5.93. The molecular formula is C6H9NO4. The summed E-state index contributed by atoms with van der Waals surface area (Å²) < 4.78 is 0. The Kier molecular flexibility index (Phi) is 2.09. The smallest absolute Gasteiger partial charge is 0.414 e. The van der Waals surface area contributed by atoms with Crippen molar-refractivity contribution in [2.45, 2.75) is 18.9 Å². The quantitative estimate of drug-likeness (QED) is 0.548. The van der Waals surface area contributed by atoms with Gasteiger partial charge in [0, 0.05) is 6.42 Å². The van der Waals surface area contributed by atoms with Crippen LogP contribution in [0, 0.1) is 0 Å². The number of amides is 2. The molecule has 0 unspecified atom stereocenters. The second kappa shape index (κ2) is 2.87. The van der Waals surface area contributed by atoms with Crippen molar-refractivity contribution in [3.63, 3.8) is 0 Å². The van der Waals surface area contributed by atoms with E-state index >= 15 is 0 Å². The van der Waals surface area contributed by atoms with Crippen LogP contribution < -0.4 is 0 Å². The molecule has 0 spiro atoms. The second-order valence-electron chi connectivity index (χ2n) is 2.42. The molecule has 1 fully saturated rings. The molecule has 62 valence electrons. The molecule has 1 rings (SSSR count). The maximum absolute atomic E-state index is 10.8. The maximum Gasteiger partial charge on any atom is 0.414 e. The summed E-state index contributed by atoms with van der Waals surface area (Å²) in [6.45, 7) is -0.280. The van der Waals surface area contributed by atoms with Gasteiger partial charge in [0.05, 0.1) is 12.6 Å². The number of aliphatic hydroxyl groups excluding tert-OH is 1. The topological polar surface area (TPSA) is 77.8 Å². The lowest BCUT2D eigenvalue weighted by atomic mass is 10.2. The molecule has 11 heavy (non-hydrogen) atoms. The highest BCUT2D eigenvalue weighted by Crippen LogP contribution is 2.17. The van der Waals surface area contributed by atoms with Gasteiger partial charge in [0.2, 0.25) is 5.91 Å². The van der Waals surface area contributed by atoms with Crippen molar-refractivity contribution < 1.29 is 19.8 Å². The monoisotopic (exact) mass is 159 g/mol. The fraction of sp³-hybridized carbons (Fsp3) is 0.667. The summed E-state index contributed by atoms with van der Waals surface area (Å²) in [5.74, 6) is -0.420. The predicted molar refractivity (Wildman–Crippen MR) is 35.0 cm³/mol. The molecule has 0 aromatic heterocycles. The molecule has 0 aromatic rings. The van der Waals surface area contributed by atoms with Crippen molar-refractivity contribution >= 4 is 12.0 Å². The fourth-order valence-electron chi connectivity index (χ4n) is 1.18. The summed E-state index contributed by atoms with van der Waals surface area (Å²) >= 11 is 0. The summed E-state index contributed by atoms with van der Waals surface area (Å²) in [6.07, 6.45) is -0.620. The van der Waals surface area contributed by atoms with Crippen LogP contribution in [0.2, 0.25) is 0 Å². The minimum Gasteiger partial charge on any atom is -0.465 e. The average molecular weight is 159 g/mol. The van der Waals surface area contributed by atoms with Gasteiger partial charge in [-0.25, -0.2) is 9.69 Å². The molecule has 1 heterocycles. The van der Waals surface area contributed by atoms with E-state index in [9.17, 15) is 9.59 Å². The number of nitrogens with zero attached hydrogens (tertiary/aromatic N) is 1. The van der Waals surface area contributed by atoms with Crippen molar-refractivity contribution in [2.75, 3.05) is 6.61 Å². The summed E-state index contributed by atoms with van der Waals surface area (Å²) in [6, 6.07) is -0.528. The lowest BCUT2D eigenvalue weighted by molar-refractivity contribution is -0.127. The lowest BCUT2D eigenvalue weighted by Crippen LogP contribution is -2.39. The zero-order valence-corrected chi connectivity index (χ0v) is 5.86. The molecule has 0 radical (unpaired) electrons. The molecule has 5 heteroatoms. The van der Waals surface area contributed by atoms with Gasteiger partial charge in [-0.2, -0.15) is 0 Å². The third-order valence-corrected chi connectivity index (χ3v) is 1.74. The Labute approximate surface area is 63.2 Å². The molecular weight excluding hydrogens is 150 g/mol. The normalized spacial score (nSPS) is 24.3. The van der Waals surface area contributed by atoms with Gasteiger partial charge in [-0.15, -0.1) is 0 Å². The van der Waals surface area contributed by atoms with E-state index in [1.54, 1.807) is 0 Å². The lowest BCUT2D eigenvalue weighted by Gasteiger charge is -2.16. The van der Waals surface area contributed by atoms with Gasteiger partial charge >= 0.3 is 6.09 Å². The van der Waals surface area contributed by atoms with E-state index in [1.807, 2.05) is 0 Å². The summed E-state index contributed by atoms with van der Waals surface area (Å²) in [7, 11) is 0. The molecule has 1 saturated heterocycles. The van der Waals surface area contributed by atoms with Crippen molar-refractivity contribution in [2.24, 2.45) is 0 Å². The number of carboxylic acid groups (broad SMARTS) is 1. The number of carbonyl (C=O) groups excluding carboxylic acids is 1. The SMILES string of the molecule is O=C(O)N1C(=O)CC[C@H]1CO. The van der Waals surface area contributed by atoms with Crippen LogP contribution in [-0.2, 0) is 4.79 Å². The van der Waals surface area contributed by atoms with E-state index in [4.69, 9.17) is 10.2 Å². The van der Waals surface area contributed by atoms with Crippen LogP contribution in [0.1, 0.15) is 12.8 Å². The highest BCUT2D eigenvalue weighted by atomic mass is 16.4. The first-order chi connectivity index (χ1) is 5.16. The van der Waals surface area contributed by atoms with Gasteiger partial charge in [-0.05, 0) is 6.42 Å². The van der Waals surface area contributed by atoms with Crippen LogP contribution in [0.5, 0.6) is 0 Å². The largest absolute Gasteiger partial charge is 0.465 e. The predicted octanol–water partition coefficient (Wildman–Crippen LogP) is -0.352. The van der Waals surface area contributed by atoms with Crippen LogP contribution in [0.3, 0.4) is 0 Å². The molecule has 1 atom stereocenters. The first-order valence-electron chi connectivity index (χ1n) is 3.32. The van der Waals surface area contributed by atoms with Gasteiger partial charge in [0.1, 0.15) is 0 Å². The highest BCUT2D eigenvalue weighted by Gasteiger charge is 2.34. The molecule has 0 aliphatic carbocycles. The van der Waals surface area contributed by atoms with Crippen molar-refractivity contribution in [1.29, 1.82) is 0 Å². The van der Waals surface area contributed by atoms with Gasteiger partial charge in [0.25, 0.3) is 0 Å². The Morgan fingerprint density at radius 2 is 2.36 bits per heavy atom. The van der Waals surface area contributed by atoms with Gasteiger partial charge in [-0.3, -0.25) is 4.79 Å². The molecule has 2 amide bonds. The molecule has 0 saturated carbocycles. The molecule has 0 bridgehead atoms. The van der Waals surface area contributed by atoms with E-state index in [-0.39, 0.29) is 13.0 Å². The van der Waals surface area contributed by atoms with Crippen LogP contribution >= 0.6 is 0 Å². The number of imide groups is 1. The number of likely N-dealkylation sites (tertiary alicyclic amines) is 1. The van der Waals surface area contributed by atoms with Gasteiger partial charge in [0.15, 0.2) is 0 Å². The second-order valence-corrected chi connectivity index (χ2v) is 2.42. The summed E-state index contributed by atoms with van der Waals surface area (Å²) in [4.78, 5) is 21.9. The zero-order valence-electron chi connectivity index (χ0n) is 5.86. The van der Waals surface area contributed by atoms with E-state index in [2.05, 4.69) is 0 Å². The summed E-state index contributed by atoms with van der Waals surface area (Å²) in [5.41, 5.74) is 0. The van der Waals surface area contributed by atoms with Crippen LogP contribution in [0.15, 0.2) is 0 Å². The maximum atomic E-state index is 10.8. The van der Waals surface area contributed by atoms with E-state index in [0.717, 1.165) is 0 Å². The minimum atomic E-state index is -1.27. The van der Waals surface area contributed by atoms with E-state index in [1.165, 1.54) is 0 Å². The summed E-state index contributed by atoms with van der Waals surface area (Å²) in [5, 5.41) is 17.1. The standard InChI is InChI=1S/C6H9NO4/c8-3-4-1-2-5(9)7(4)6(10)11/h4,8H,1-3H2,(H,10,11)/t4-/m0/s1. The van der Waals surface area contributed by atoms with E-state index < -0.39 is 18.0 Å². The Balaban J connectivity index is 2.71. The van der Waals surface area contributed by atoms with Gasteiger partial charge in [-0.1, -0.05) is 0 Å². The number of rotatable bonds is 1.